The maximum atomic E-state index is 12.8. The van der Waals surface area contributed by atoms with Crippen molar-refractivity contribution in [2.24, 2.45) is 5.92 Å². The molecule has 0 heterocycles. The quantitative estimate of drug-likeness (QED) is 0.686. The number of aliphatic carboxylic acids is 1. The molecule has 0 aliphatic heterocycles. The molecule has 1 atom stereocenters. The van der Waals surface area contributed by atoms with Crippen molar-refractivity contribution < 1.29 is 23.1 Å². The number of amides is 1. The lowest BCUT2D eigenvalue weighted by molar-refractivity contribution is -0.141. The highest BCUT2D eigenvalue weighted by atomic mass is 32.2. The number of nitrogens with one attached hydrogen (secondary N) is 1. The number of carboxylic acid groups (broad SMARTS) is 1. The van der Waals surface area contributed by atoms with E-state index >= 15 is 0 Å². The lowest BCUT2D eigenvalue weighted by atomic mass is 10.0. The van der Waals surface area contributed by atoms with E-state index in [2.05, 4.69) is 5.32 Å². The molecule has 0 radical (unpaired) electrons. The summed E-state index contributed by atoms with van der Waals surface area (Å²) in [6.45, 7) is 1.28. The van der Waals surface area contributed by atoms with Crippen molar-refractivity contribution in [3.05, 3.63) is 60.2 Å². The molecule has 0 fully saturated rings. The van der Waals surface area contributed by atoms with Gasteiger partial charge >= 0.3 is 5.97 Å². The molecule has 144 valence electrons. The number of carboxylic acids is 1. The van der Waals surface area contributed by atoms with Crippen molar-refractivity contribution >= 4 is 27.4 Å². The molecule has 0 aliphatic carbocycles. The fourth-order valence-electron chi connectivity index (χ4n) is 2.86. The average molecular weight is 389 g/mol. The van der Waals surface area contributed by atoms with E-state index in [0.29, 0.717) is 12.8 Å². The molecule has 0 saturated carbocycles. The minimum absolute atomic E-state index is 0.0606. The summed E-state index contributed by atoms with van der Waals surface area (Å²) in [6.07, 6.45) is 1.52. The van der Waals surface area contributed by atoms with Crippen LogP contribution in [0.25, 0.3) is 0 Å². The third-order valence-electron chi connectivity index (χ3n) is 4.16. The number of benzene rings is 2. The third-order valence-corrected chi connectivity index (χ3v) is 6.03. The van der Waals surface area contributed by atoms with Crippen LogP contribution in [0.3, 0.4) is 0 Å². The molecule has 2 N–H and O–H groups in total. The van der Waals surface area contributed by atoms with E-state index in [1.165, 1.54) is 19.1 Å². The fourth-order valence-corrected chi connectivity index (χ4v) is 4.62. The highest BCUT2D eigenvalue weighted by molar-refractivity contribution is 7.91. The van der Waals surface area contributed by atoms with Gasteiger partial charge in [-0.1, -0.05) is 42.5 Å². The van der Waals surface area contributed by atoms with Crippen LogP contribution >= 0.6 is 0 Å². The van der Waals surface area contributed by atoms with Crippen molar-refractivity contribution in [2.45, 2.75) is 31.1 Å². The minimum Gasteiger partial charge on any atom is -0.481 e. The summed E-state index contributed by atoms with van der Waals surface area (Å²) in [7, 11) is -3.87. The van der Waals surface area contributed by atoms with Crippen LogP contribution in [-0.2, 0) is 25.8 Å². The molecule has 0 bridgehead atoms. The summed E-state index contributed by atoms with van der Waals surface area (Å²) < 4.78 is 25.5. The van der Waals surface area contributed by atoms with Gasteiger partial charge in [0.2, 0.25) is 5.91 Å². The number of hydrogen-bond acceptors (Lipinski definition) is 4. The van der Waals surface area contributed by atoms with E-state index in [9.17, 15) is 23.1 Å². The van der Waals surface area contributed by atoms with Gasteiger partial charge in [-0.05, 0) is 37.0 Å². The van der Waals surface area contributed by atoms with Gasteiger partial charge in [0.05, 0.1) is 22.3 Å². The number of hydrogen-bond donors (Lipinski definition) is 2. The SMILES string of the molecule is CC(=O)Nc1ccccc1S(=O)(=O)CC(CCCc1ccccc1)C(=O)O. The molecule has 0 spiro atoms. The van der Waals surface area contributed by atoms with E-state index < -0.39 is 33.4 Å². The Bertz CT molecular complexity index is 894. The molecular formula is C20H23NO5S. The maximum Gasteiger partial charge on any atom is 0.307 e. The average Bonchev–Trinajstić information content (AvgIpc) is 2.61. The number of sulfone groups is 1. The van der Waals surface area contributed by atoms with Gasteiger partial charge in [-0.2, -0.15) is 0 Å². The minimum atomic E-state index is -3.87. The highest BCUT2D eigenvalue weighted by Gasteiger charge is 2.28. The summed E-state index contributed by atoms with van der Waals surface area (Å²) >= 11 is 0. The topological polar surface area (TPSA) is 101 Å². The first-order valence-electron chi connectivity index (χ1n) is 8.65. The van der Waals surface area contributed by atoms with Gasteiger partial charge in [-0.3, -0.25) is 9.59 Å². The van der Waals surface area contributed by atoms with Crippen LogP contribution in [0, 0.1) is 5.92 Å². The molecule has 2 rings (SSSR count). The number of para-hydroxylation sites is 1. The van der Waals surface area contributed by atoms with Gasteiger partial charge < -0.3 is 10.4 Å². The highest BCUT2D eigenvalue weighted by Crippen LogP contribution is 2.25. The van der Waals surface area contributed by atoms with E-state index in [0.717, 1.165) is 5.56 Å². The predicted molar refractivity (Wildman–Crippen MR) is 103 cm³/mol. The van der Waals surface area contributed by atoms with Crippen molar-refractivity contribution in [3.63, 3.8) is 0 Å². The Morgan fingerprint density at radius 3 is 2.30 bits per heavy atom. The van der Waals surface area contributed by atoms with Crippen LogP contribution in [0.4, 0.5) is 5.69 Å². The van der Waals surface area contributed by atoms with Crippen LogP contribution < -0.4 is 5.32 Å². The Kier molecular flexibility index (Phi) is 7.12. The van der Waals surface area contributed by atoms with Gasteiger partial charge in [0.15, 0.2) is 9.84 Å². The zero-order chi connectivity index (χ0) is 19.9. The van der Waals surface area contributed by atoms with E-state index in [-0.39, 0.29) is 17.0 Å². The molecule has 7 heteroatoms. The van der Waals surface area contributed by atoms with Gasteiger partial charge in [0.25, 0.3) is 0 Å². The van der Waals surface area contributed by atoms with Crippen molar-refractivity contribution in [1.82, 2.24) is 0 Å². The molecule has 2 aromatic carbocycles. The second kappa shape index (κ2) is 9.32. The molecule has 1 unspecified atom stereocenters. The molecule has 6 nitrogen and oxygen atoms in total. The van der Waals surface area contributed by atoms with Gasteiger partial charge in [0, 0.05) is 6.92 Å². The number of carbonyl (C=O) groups is 2. The van der Waals surface area contributed by atoms with E-state index in [1.54, 1.807) is 12.1 Å². The summed E-state index contributed by atoms with van der Waals surface area (Å²) in [6, 6.07) is 15.7. The third kappa shape index (κ3) is 6.21. The summed E-state index contributed by atoms with van der Waals surface area (Å²) in [5.41, 5.74) is 1.25. The second-order valence-electron chi connectivity index (χ2n) is 6.37. The van der Waals surface area contributed by atoms with E-state index in [4.69, 9.17) is 0 Å². The molecule has 27 heavy (non-hydrogen) atoms. The predicted octanol–water partition coefficient (Wildman–Crippen LogP) is 3.14. The first-order valence-corrected chi connectivity index (χ1v) is 10.3. The number of rotatable bonds is 9. The summed E-state index contributed by atoms with van der Waals surface area (Å²) in [4.78, 5) is 22.8. The lowest BCUT2D eigenvalue weighted by Crippen LogP contribution is -2.25. The second-order valence-corrected chi connectivity index (χ2v) is 8.37. The Hall–Kier alpha value is -2.67. The number of anilines is 1. The van der Waals surface area contributed by atoms with Gasteiger partial charge in [-0.15, -0.1) is 0 Å². The van der Waals surface area contributed by atoms with Crippen LogP contribution in [-0.4, -0.2) is 31.2 Å². The van der Waals surface area contributed by atoms with Crippen molar-refractivity contribution in [2.75, 3.05) is 11.1 Å². The Balaban J connectivity index is 2.10. The summed E-state index contributed by atoms with van der Waals surface area (Å²) in [5, 5.41) is 11.9. The number of aryl methyl sites for hydroxylation is 1. The van der Waals surface area contributed by atoms with Crippen LogP contribution in [0.2, 0.25) is 0 Å². The van der Waals surface area contributed by atoms with Gasteiger partial charge in [0.1, 0.15) is 0 Å². The van der Waals surface area contributed by atoms with Crippen LogP contribution in [0.5, 0.6) is 0 Å². The zero-order valence-corrected chi connectivity index (χ0v) is 15.9. The Morgan fingerprint density at radius 1 is 1.04 bits per heavy atom. The normalized spacial score (nSPS) is 12.3. The largest absolute Gasteiger partial charge is 0.481 e. The van der Waals surface area contributed by atoms with Crippen molar-refractivity contribution in [1.29, 1.82) is 0 Å². The maximum absolute atomic E-state index is 12.8. The Morgan fingerprint density at radius 2 is 1.67 bits per heavy atom. The monoisotopic (exact) mass is 389 g/mol. The van der Waals surface area contributed by atoms with E-state index in [1.807, 2.05) is 30.3 Å². The molecular weight excluding hydrogens is 366 g/mol. The molecule has 1 amide bonds. The van der Waals surface area contributed by atoms with Crippen LogP contribution in [0.1, 0.15) is 25.3 Å². The zero-order valence-electron chi connectivity index (χ0n) is 15.1. The first-order chi connectivity index (χ1) is 12.8. The van der Waals surface area contributed by atoms with Gasteiger partial charge in [-0.25, -0.2) is 8.42 Å². The standard InChI is InChI=1S/C20H23NO5S/c1-15(22)21-18-12-5-6-13-19(18)27(25,26)14-17(20(23)24)11-7-10-16-8-3-2-4-9-16/h2-6,8-9,12-13,17H,7,10-11,14H2,1H3,(H,21,22)(H,23,24). The molecule has 2 aromatic rings. The molecule has 0 saturated heterocycles. The van der Waals surface area contributed by atoms with Crippen molar-refractivity contribution in [3.8, 4) is 0 Å². The first kappa shape index (κ1) is 20.6. The fraction of sp³-hybridized carbons (Fsp3) is 0.300. The Labute approximate surface area is 159 Å². The van der Waals surface area contributed by atoms with Crippen LogP contribution in [0.15, 0.2) is 59.5 Å². The summed E-state index contributed by atoms with van der Waals surface area (Å²) in [5.74, 6) is -3.05. The smallest absolute Gasteiger partial charge is 0.307 e. The molecule has 0 aromatic heterocycles. The molecule has 0 aliphatic rings. The lowest BCUT2D eigenvalue weighted by Gasteiger charge is -2.15. The number of carbonyl (C=O) groups excluding carboxylic acids is 1.